The summed E-state index contributed by atoms with van der Waals surface area (Å²) in [6, 6.07) is 4.53. The second-order valence-corrected chi connectivity index (χ2v) is 4.55. The maximum atomic E-state index is 13.5. The van der Waals surface area contributed by atoms with Gasteiger partial charge >= 0.3 is 0 Å². The molecule has 2 rings (SSSR count). The third kappa shape index (κ3) is 3.68. The molecule has 3 nitrogen and oxygen atoms in total. The van der Waals surface area contributed by atoms with Gasteiger partial charge in [-0.1, -0.05) is 6.07 Å². The van der Waals surface area contributed by atoms with Gasteiger partial charge in [0.15, 0.2) is 11.6 Å². The van der Waals surface area contributed by atoms with E-state index >= 15 is 0 Å². The first-order valence-electron chi connectivity index (χ1n) is 6.43. The zero-order valence-electron chi connectivity index (χ0n) is 10.4. The zero-order valence-corrected chi connectivity index (χ0v) is 10.4. The van der Waals surface area contributed by atoms with E-state index in [1.54, 1.807) is 12.1 Å². The minimum absolute atomic E-state index is 0.157. The van der Waals surface area contributed by atoms with Crippen molar-refractivity contribution in [2.45, 2.75) is 38.4 Å². The molecular formula is C14H19FO3. The molecule has 0 saturated carbocycles. The monoisotopic (exact) mass is 254 g/mol. The van der Waals surface area contributed by atoms with Crippen LogP contribution in [-0.4, -0.2) is 24.4 Å². The van der Waals surface area contributed by atoms with Crippen LogP contribution in [0.2, 0.25) is 0 Å². The molecule has 1 heterocycles. The van der Waals surface area contributed by atoms with Gasteiger partial charge in [0.05, 0.1) is 19.3 Å². The second-order valence-electron chi connectivity index (χ2n) is 4.55. The van der Waals surface area contributed by atoms with E-state index in [1.807, 2.05) is 0 Å². The van der Waals surface area contributed by atoms with Gasteiger partial charge in [0, 0.05) is 6.61 Å². The number of hydrogen-bond donors (Lipinski definition) is 1. The molecule has 1 atom stereocenters. The van der Waals surface area contributed by atoms with E-state index in [9.17, 15) is 4.39 Å². The predicted molar refractivity (Wildman–Crippen MR) is 66.0 cm³/mol. The summed E-state index contributed by atoms with van der Waals surface area (Å²) in [5.74, 6) is -0.168. The van der Waals surface area contributed by atoms with Crippen LogP contribution in [0.5, 0.6) is 5.75 Å². The molecule has 1 fully saturated rings. The fraction of sp³-hybridized carbons (Fsp3) is 0.571. The van der Waals surface area contributed by atoms with Crippen LogP contribution >= 0.6 is 0 Å². The van der Waals surface area contributed by atoms with E-state index in [0.29, 0.717) is 18.3 Å². The Bertz CT molecular complexity index is 375. The molecule has 1 aromatic carbocycles. The Balaban J connectivity index is 1.72. The maximum Gasteiger partial charge on any atom is 0.165 e. The molecule has 0 amide bonds. The lowest BCUT2D eigenvalue weighted by Crippen LogP contribution is -2.08. The average molecular weight is 254 g/mol. The number of benzene rings is 1. The summed E-state index contributed by atoms with van der Waals surface area (Å²) >= 11 is 0. The minimum atomic E-state index is -0.418. The molecule has 18 heavy (non-hydrogen) atoms. The van der Waals surface area contributed by atoms with Crippen LogP contribution in [0.1, 0.15) is 31.2 Å². The van der Waals surface area contributed by atoms with Gasteiger partial charge in [-0.25, -0.2) is 4.39 Å². The van der Waals surface area contributed by atoms with E-state index in [-0.39, 0.29) is 12.4 Å². The van der Waals surface area contributed by atoms with Crippen molar-refractivity contribution in [3.05, 3.63) is 29.6 Å². The molecule has 1 unspecified atom stereocenters. The van der Waals surface area contributed by atoms with E-state index in [4.69, 9.17) is 14.6 Å². The van der Waals surface area contributed by atoms with Crippen LogP contribution in [0, 0.1) is 5.82 Å². The number of ether oxygens (including phenoxy) is 2. The molecule has 0 aliphatic carbocycles. The molecule has 0 radical (unpaired) electrons. The Labute approximate surface area is 107 Å². The first kappa shape index (κ1) is 13.3. The first-order chi connectivity index (χ1) is 8.79. The van der Waals surface area contributed by atoms with Crippen molar-refractivity contribution < 1.29 is 19.0 Å². The van der Waals surface area contributed by atoms with E-state index in [2.05, 4.69) is 0 Å². The Morgan fingerprint density at radius 3 is 3.00 bits per heavy atom. The van der Waals surface area contributed by atoms with E-state index < -0.39 is 5.82 Å². The van der Waals surface area contributed by atoms with Crippen molar-refractivity contribution in [2.75, 3.05) is 13.2 Å². The van der Waals surface area contributed by atoms with Gasteiger partial charge in [0.1, 0.15) is 0 Å². The third-order valence-corrected chi connectivity index (χ3v) is 3.13. The standard InChI is InChI=1S/C14H19FO3/c15-13-9-11(10-16)5-6-14(13)18-8-2-4-12-3-1-7-17-12/h5-6,9,12,16H,1-4,7-8,10H2. The molecule has 4 heteroatoms. The highest BCUT2D eigenvalue weighted by atomic mass is 19.1. The molecule has 1 aliphatic heterocycles. The van der Waals surface area contributed by atoms with E-state index in [0.717, 1.165) is 32.3 Å². The summed E-state index contributed by atoms with van der Waals surface area (Å²) in [6.07, 6.45) is 4.46. The van der Waals surface area contributed by atoms with Crippen molar-refractivity contribution >= 4 is 0 Å². The molecular weight excluding hydrogens is 235 g/mol. The minimum Gasteiger partial charge on any atom is -0.491 e. The summed E-state index contributed by atoms with van der Waals surface area (Å²) in [6.45, 7) is 1.20. The van der Waals surface area contributed by atoms with E-state index in [1.165, 1.54) is 6.07 Å². The van der Waals surface area contributed by atoms with Crippen LogP contribution in [0.3, 0.4) is 0 Å². The van der Waals surface area contributed by atoms with Crippen molar-refractivity contribution in [3.8, 4) is 5.75 Å². The highest BCUT2D eigenvalue weighted by Crippen LogP contribution is 2.20. The van der Waals surface area contributed by atoms with Gasteiger partial charge in [-0.2, -0.15) is 0 Å². The molecule has 1 aromatic rings. The van der Waals surface area contributed by atoms with Crippen LogP contribution in [-0.2, 0) is 11.3 Å². The maximum absolute atomic E-state index is 13.5. The molecule has 100 valence electrons. The van der Waals surface area contributed by atoms with Crippen molar-refractivity contribution in [3.63, 3.8) is 0 Å². The van der Waals surface area contributed by atoms with Crippen LogP contribution < -0.4 is 4.74 Å². The molecule has 0 bridgehead atoms. The first-order valence-corrected chi connectivity index (χ1v) is 6.43. The highest BCUT2D eigenvalue weighted by Gasteiger charge is 2.14. The number of aliphatic hydroxyl groups excluding tert-OH is 1. The lowest BCUT2D eigenvalue weighted by atomic mass is 10.1. The lowest BCUT2D eigenvalue weighted by molar-refractivity contribution is 0.0979. The molecule has 1 saturated heterocycles. The topological polar surface area (TPSA) is 38.7 Å². The van der Waals surface area contributed by atoms with Gasteiger partial charge in [0.25, 0.3) is 0 Å². The van der Waals surface area contributed by atoms with Gasteiger partial charge in [-0.05, 0) is 43.4 Å². The average Bonchev–Trinajstić information content (AvgIpc) is 2.89. The van der Waals surface area contributed by atoms with Crippen LogP contribution in [0.15, 0.2) is 18.2 Å². The molecule has 1 N–H and O–H groups in total. The normalized spacial score (nSPS) is 19.1. The highest BCUT2D eigenvalue weighted by molar-refractivity contribution is 5.28. The largest absolute Gasteiger partial charge is 0.491 e. The smallest absolute Gasteiger partial charge is 0.165 e. The van der Waals surface area contributed by atoms with Crippen molar-refractivity contribution in [2.24, 2.45) is 0 Å². The number of hydrogen-bond acceptors (Lipinski definition) is 3. The van der Waals surface area contributed by atoms with Crippen LogP contribution in [0.25, 0.3) is 0 Å². The molecule has 0 aromatic heterocycles. The fourth-order valence-corrected chi connectivity index (χ4v) is 2.12. The number of halogens is 1. The fourth-order valence-electron chi connectivity index (χ4n) is 2.12. The van der Waals surface area contributed by atoms with Crippen molar-refractivity contribution in [1.82, 2.24) is 0 Å². The summed E-state index contributed by atoms with van der Waals surface area (Å²) in [5.41, 5.74) is 0.555. The quantitative estimate of drug-likeness (QED) is 0.793. The third-order valence-electron chi connectivity index (χ3n) is 3.13. The summed E-state index contributed by atoms with van der Waals surface area (Å²) in [7, 11) is 0. The van der Waals surface area contributed by atoms with Gasteiger partial charge in [-0.3, -0.25) is 0 Å². The Kier molecular flexibility index (Phi) is 4.96. The van der Waals surface area contributed by atoms with Crippen molar-refractivity contribution in [1.29, 1.82) is 0 Å². The van der Waals surface area contributed by atoms with Gasteiger partial charge < -0.3 is 14.6 Å². The zero-order chi connectivity index (χ0) is 12.8. The lowest BCUT2D eigenvalue weighted by Gasteiger charge is -2.10. The summed E-state index contributed by atoms with van der Waals surface area (Å²) in [4.78, 5) is 0. The Hall–Kier alpha value is -1.13. The second kappa shape index (κ2) is 6.71. The SMILES string of the molecule is OCc1ccc(OCCCC2CCCO2)c(F)c1. The Morgan fingerprint density at radius 1 is 1.44 bits per heavy atom. The van der Waals surface area contributed by atoms with Crippen LogP contribution in [0.4, 0.5) is 4.39 Å². The Morgan fingerprint density at radius 2 is 2.33 bits per heavy atom. The van der Waals surface area contributed by atoms with Gasteiger partial charge in [0.2, 0.25) is 0 Å². The van der Waals surface area contributed by atoms with Gasteiger partial charge in [-0.15, -0.1) is 0 Å². The predicted octanol–water partition coefficient (Wildman–Crippen LogP) is 2.66. The molecule has 0 spiro atoms. The summed E-state index contributed by atoms with van der Waals surface area (Å²) in [5, 5.41) is 8.87. The summed E-state index contributed by atoms with van der Waals surface area (Å²) < 4.78 is 24.4. The number of aliphatic hydroxyl groups is 1. The molecule has 1 aliphatic rings. The number of rotatable bonds is 6.